The quantitative estimate of drug-likeness (QED) is 0.277. The van der Waals surface area contributed by atoms with Gasteiger partial charge in [0.25, 0.3) is 5.91 Å². The third-order valence-electron chi connectivity index (χ3n) is 8.09. The fraction of sp³-hybridized carbons (Fsp3) is 0.455. The normalized spacial score (nSPS) is 18.5. The van der Waals surface area contributed by atoms with Crippen LogP contribution in [0.4, 0.5) is 4.39 Å². The SMILES string of the molecule is CC(C)(C)Cc1cnc2c(c1)[C@@H](NC[C@H](O)[C@H](Cc1cccc(C#N)c1)NC(=O)c1nc(Cl)ccc1F)CC1(CCC1)O2. The number of nitrogens with zero attached hydrogens (tertiary/aromatic N) is 3. The van der Waals surface area contributed by atoms with Gasteiger partial charge in [-0.25, -0.2) is 14.4 Å². The Labute approximate surface area is 256 Å². The number of hydrogen-bond acceptors (Lipinski definition) is 7. The molecule has 2 aliphatic rings. The zero-order valence-corrected chi connectivity index (χ0v) is 25.4. The Morgan fingerprint density at radius 2 is 2.05 bits per heavy atom. The van der Waals surface area contributed by atoms with Crippen LogP contribution in [0.15, 0.2) is 48.7 Å². The smallest absolute Gasteiger partial charge is 0.273 e. The molecule has 3 aromatic rings. The number of pyridine rings is 2. The molecule has 1 aliphatic heterocycles. The van der Waals surface area contributed by atoms with Gasteiger partial charge in [-0.2, -0.15) is 5.26 Å². The van der Waals surface area contributed by atoms with Crippen LogP contribution in [0.25, 0.3) is 0 Å². The van der Waals surface area contributed by atoms with Crippen LogP contribution >= 0.6 is 11.6 Å². The molecule has 0 saturated heterocycles. The minimum Gasteiger partial charge on any atom is -0.471 e. The van der Waals surface area contributed by atoms with Crippen LogP contribution in [-0.2, 0) is 12.8 Å². The summed E-state index contributed by atoms with van der Waals surface area (Å²) in [7, 11) is 0. The summed E-state index contributed by atoms with van der Waals surface area (Å²) >= 11 is 5.92. The van der Waals surface area contributed by atoms with Gasteiger partial charge in [-0.1, -0.05) is 44.5 Å². The monoisotopic (exact) mass is 605 g/mol. The van der Waals surface area contributed by atoms with Gasteiger partial charge in [0.1, 0.15) is 10.8 Å². The largest absolute Gasteiger partial charge is 0.471 e. The lowest BCUT2D eigenvalue weighted by Crippen LogP contribution is -2.52. The van der Waals surface area contributed by atoms with E-state index in [2.05, 4.69) is 48.5 Å². The molecule has 0 radical (unpaired) electrons. The van der Waals surface area contributed by atoms with Gasteiger partial charge in [0.05, 0.1) is 23.8 Å². The van der Waals surface area contributed by atoms with Crippen LogP contribution in [0.3, 0.4) is 0 Å². The highest BCUT2D eigenvalue weighted by Gasteiger charge is 2.46. The number of carbonyl (C=O) groups excluding carboxylic acids is 1. The van der Waals surface area contributed by atoms with Gasteiger partial charge in [0, 0.05) is 30.8 Å². The average Bonchev–Trinajstić information content (AvgIpc) is 2.95. The van der Waals surface area contributed by atoms with Gasteiger partial charge >= 0.3 is 0 Å². The van der Waals surface area contributed by atoms with E-state index in [0.29, 0.717) is 11.4 Å². The van der Waals surface area contributed by atoms with Crippen molar-refractivity contribution in [2.75, 3.05) is 6.54 Å². The van der Waals surface area contributed by atoms with Gasteiger partial charge < -0.3 is 20.5 Å². The van der Waals surface area contributed by atoms with Crippen molar-refractivity contribution >= 4 is 17.5 Å². The minimum atomic E-state index is -1.06. The Hall–Kier alpha value is -3.58. The second kappa shape index (κ2) is 12.6. The Bertz CT molecular complexity index is 1530. The molecule has 5 rings (SSSR count). The summed E-state index contributed by atoms with van der Waals surface area (Å²) in [6, 6.07) is 12.6. The molecule has 8 nitrogen and oxygen atoms in total. The zero-order valence-electron chi connectivity index (χ0n) is 24.7. The van der Waals surface area contributed by atoms with Gasteiger partial charge in [-0.15, -0.1) is 0 Å². The standard InChI is InChI=1S/C33H37ClFN5O3/c1-32(2,3)15-22-13-23-26(16-33(10-5-11-33)43-31(23)38-18-22)37-19-27(41)25(14-20-6-4-7-21(12-20)17-36)39-30(42)29-24(35)8-9-28(34)40-29/h4,6-9,12-13,18,25-27,37,41H,5,10-11,14-16,19H2,1-3H3,(H,39,42)/t25-,26-,27-/m0/s1. The summed E-state index contributed by atoms with van der Waals surface area (Å²) in [6.07, 6.45) is 5.62. The van der Waals surface area contributed by atoms with Crippen molar-refractivity contribution in [2.24, 2.45) is 5.41 Å². The number of amides is 1. The number of rotatable bonds is 9. The fourth-order valence-electron chi connectivity index (χ4n) is 5.87. The van der Waals surface area contributed by atoms with Crippen LogP contribution in [-0.4, -0.2) is 45.3 Å². The molecule has 226 valence electrons. The summed E-state index contributed by atoms with van der Waals surface area (Å²) in [5, 5.41) is 27.1. The molecule has 43 heavy (non-hydrogen) atoms. The fourth-order valence-corrected chi connectivity index (χ4v) is 6.02. The van der Waals surface area contributed by atoms with Gasteiger partial charge in [0.15, 0.2) is 11.5 Å². The molecular weight excluding hydrogens is 569 g/mol. The van der Waals surface area contributed by atoms with Gasteiger partial charge in [-0.05, 0) is 79.0 Å². The first-order chi connectivity index (χ1) is 20.4. The molecule has 3 heterocycles. The Kier molecular flexibility index (Phi) is 9.02. The number of carbonyl (C=O) groups is 1. The predicted octanol–water partition coefficient (Wildman–Crippen LogP) is 5.47. The van der Waals surface area contributed by atoms with Crippen molar-refractivity contribution in [1.29, 1.82) is 5.26 Å². The number of nitriles is 1. The molecule has 0 bridgehead atoms. The van der Waals surface area contributed by atoms with E-state index in [4.69, 9.17) is 21.3 Å². The van der Waals surface area contributed by atoms with Gasteiger partial charge in [0.2, 0.25) is 5.88 Å². The van der Waals surface area contributed by atoms with Crippen molar-refractivity contribution in [1.82, 2.24) is 20.6 Å². The average molecular weight is 606 g/mol. The topological polar surface area (TPSA) is 120 Å². The van der Waals surface area contributed by atoms with Crippen molar-refractivity contribution in [3.63, 3.8) is 0 Å². The van der Waals surface area contributed by atoms with E-state index in [9.17, 15) is 19.6 Å². The first-order valence-corrected chi connectivity index (χ1v) is 15.0. The Morgan fingerprint density at radius 1 is 1.26 bits per heavy atom. The van der Waals surface area contributed by atoms with E-state index >= 15 is 0 Å². The van der Waals surface area contributed by atoms with E-state index in [0.717, 1.165) is 54.9 Å². The van der Waals surface area contributed by atoms with Crippen molar-refractivity contribution in [2.45, 2.75) is 83.1 Å². The summed E-state index contributed by atoms with van der Waals surface area (Å²) in [5.41, 5.74) is 2.64. The maximum Gasteiger partial charge on any atom is 0.273 e. The second-order valence-electron chi connectivity index (χ2n) is 12.9. The number of benzene rings is 1. The highest BCUT2D eigenvalue weighted by molar-refractivity contribution is 6.29. The molecule has 1 aliphatic carbocycles. The molecule has 1 spiro atoms. The lowest BCUT2D eigenvalue weighted by atomic mass is 9.73. The summed E-state index contributed by atoms with van der Waals surface area (Å²) < 4.78 is 20.9. The summed E-state index contributed by atoms with van der Waals surface area (Å²) in [4.78, 5) is 21.7. The molecule has 0 unspecified atom stereocenters. The highest BCUT2D eigenvalue weighted by atomic mass is 35.5. The molecular formula is C33H37ClFN5O3. The first-order valence-electron chi connectivity index (χ1n) is 14.6. The number of fused-ring (bicyclic) bond motifs is 1. The van der Waals surface area contributed by atoms with Crippen LogP contribution in [0.1, 0.15) is 85.2 Å². The number of hydrogen-bond donors (Lipinski definition) is 3. The summed E-state index contributed by atoms with van der Waals surface area (Å²) in [5.74, 6) is -0.986. The van der Waals surface area contributed by atoms with Crippen LogP contribution in [0, 0.1) is 22.6 Å². The van der Waals surface area contributed by atoms with E-state index in [1.54, 1.807) is 18.2 Å². The third kappa shape index (κ3) is 7.50. The molecule has 1 aromatic carbocycles. The van der Waals surface area contributed by atoms with E-state index in [1.807, 2.05) is 12.3 Å². The molecule has 2 aromatic heterocycles. The second-order valence-corrected chi connectivity index (χ2v) is 13.3. The lowest BCUT2D eigenvalue weighted by molar-refractivity contribution is -0.0421. The number of halogens is 2. The number of aliphatic hydroxyl groups excluding tert-OH is 1. The lowest BCUT2D eigenvalue weighted by Gasteiger charge is -2.47. The molecule has 3 atom stereocenters. The molecule has 3 N–H and O–H groups in total. The van der Waals surface area contributed by atoms with Gasteiger partial charge in [-0.3, -0.25) is 4.79 Å². The Morgan fingerprint density at radius 3 is 2.74 bits per heavy atom. The molecule has 1 saturated carbocycles. The predicted molar refractivity (Wildman–Crippen MR) is 161 cm³/mol. The van der Waals surface area contributed by atoms with Crippen LogP contribution in [0.5, 0.6) is 5.88 Å². The minimum absolute atomic E-state index is 0.0189. The number of nitrogens with one attached hydrogen (secondary N) is 2. The van der Waals surface area contributed by atoms with Crippen molar-refractivity contribution in [3.8, 4) is 11.9 Å². The molecule has 1 fully saturated rings. The number of ether oxygens (including phenoxy) is 1. The maximum absolute atomic E-state index is 14.5. The maximum atomic E-state index is 14.5. The molecule has 10 heteroatoms. The number of aromatic nitrogens is 2. The first kappa shape index (κ1) is 30.9. The highest BCUT2D eigenvalue weighted by Crippen LogP contribution is 2.48. The van der Waals surface area contributed by atoms with E-state index in [1.165, 1.54) is 6.07 Å². The molecule has 1 amide bonds. The van der Waals surface area contributed by atoms with Crippen molar-refractivity contribution < 1.29 is 19.0 Å². The third-order valence-corrected chi connectivity index (χ3v) is 8.30. The zero-order chi connectivity index (χ0) is 30.8. The Balaban J connectivity index is 1.37. The number of aliphatic hydroxyl groups is 1. The van der Waals surface area contributed by atoms with Crippen molar-refractivity contribution in [3.05, 3.63) is 87.6 Å². The van der Waals surface area contributed by atoms with Crippen LogP contribution in [0.2, 0.25) is 5.15 Å². The van der Waals surface area contributed by atoms with E-state index < -0.39 is 29.6 Å². The summed E-state index contributed by atoms with van der Waals surface area (Å²) in [6.45, 7) is 6.69. The van der Waals surface area contributed by atoms with E-state index in [-0.39, 0.29) is 35.2 Å². The van der Waals surface area contributed by atoms with Crippen LogP contribution < -0.4 is 15.4 Å².